The molecule has 1 saturated carbocycles. The van der Waals surface area contributed by atoms with Gasteiger partial charge in [0.1, 0.15) is 0 Å². The van der Waals surface area contributed by atoms with Crippen LogP contribution in [0.2, 0.25) is 0 Å². The van der Waals surface area contributed by atoms with Crippen LogP contribution in [-0.2, 0) is 0 Å². The molecular weight excluding hydrogens is 194 g/mol. The summed E-state index contributed by atoms with van der Waals surface area (Å²) in [7, 11) is 0. The molecule has 0 saturated heterocycles. The zero-order valence-electron chi connectivity index (χ0n) is 11.6. The Hall–Kier alpha value is -0.0400. The highest BCUT2D eigenvalue weighted by Gasteiger charge is 2.35. The molecule has 1 rings (SSSR count). The van der Waals surface area contributed by atoms with Gasteiger partial charge in [-0.3, -0.25) is 0 Å². The molecule has 2 atom stereocenters. The fourth-order valence-corrected chi connectivity index (χ4v) is 3.57. The number of hydrogen-bond acceptors (Lipinski definition) is 1. The van der Waals surface area contributed by atoms with E-state index in [1.165, 1.54) is 51.4 Å². The molecule has 0 bridgehead atoms. The Bertz CT molecular complexity index is 186. The predicted molar refractivity (Wildman–Crippen MR) is 72.4 cm³/mol. The van der Waals surface area contributed by atoms with Gasteiger partial charge < -0.3 is 5.73 Å². The van der Waals surface area contributed by atoms with E-state index in [0.29, 0.717) is 5.41 Å². The second-order valence-electron chi connectivity index (χ2n) is 5.96. The number of nitrogens with two attached hydrogens (primary N) is 1. The van der Waals surface area contributed by atoms with Gasteiger partial charge in [-0.1, -0.05) is 52.9 Å². The molecule has 1 aliphatic rings. The van der Waals surface area contributed by atoms with Gasteiger partial charge in [-0.15, -0.1) is 0 Å². The molecule has 0 aliphatic heterocycles. The van der Waals surface area contributed by atoms with Crippen molar-refractivity contribution in [1.82, 2.24) is 0 Å². The van der Waals surface area contributed by atoms with Crippen LogP contribution in [0.3, 0.4) is 0 Å². The SMILES string of the molecule is CCC(CC)CC1(CN)CCCC(CC)C1. The van der Waals surface area contributed by atoms with Crippen LogP contribution in [0, 0.1) is 17.3 Å². The minimum atomic E-state index is 0.496. The lowest BCUT2D eigenvalue weighted by atomic mass is 9.64. The Morgan fingerprint density at radius 3 is 2.44 bits per heavy atom. The zero-order valence-corrected chi connectivity index (χ0v) is 11.6. The fourth-order valence-electron chi connectivity index (χ4n) is 3.57. The molecule has 16 heavy (non-hydrogen) atoms. The van der Waals surface area contributed by atoms with Gasteiger partial charge >= 0.3 is 0 Å². The summed E-state index contributed by atoms with van der Waals surface area (Å²) in [5, 5.41) is 0. The molecule has 0 aromatic carbocycles. The third-order valence-corrected chi connectivity index (χ3v) is 4.93. The third kappa shape index (κ3) is 3.48. The van der Waals surface area contributed by atoms with Crippen molar-refractivity contribution in [2.24, 2.45) is 23.0 Å². The Morgan fingerprint density at radius 2 is 1.94 bits per heavy atom. The number of rotatable bonds is 6. The molecule has 2 unspecified atom stereocenters. The molecular formula is C15H31N. The lowest BCUT2D eigenvalue weighted by Crippen LogP contribution is -2.37. The van der Waals surface area contributed by atoms with Crippen molar-refractivity contribution in [3.63, 3.8) is 0 Å². The summed E-state index contributed by atoms with van der Waals surface area (Å²) in [5.74, 6) is 1.85. The first kappa shape index (κ1) is 14.0. The van der Waals surface area contributed by atoms with Gasteiger partial charge in [-0.2, -0.15) is 0 Å². The predicted octanol–water partition coefficient (Wildman–Crippen LogP) is 4.36. The van der Waals surface area contributed by atoms with E-state index >= 15 is 0 Å². The summed E-state index contributed by atoms with van der Waals surface area (Å²) in [5.41, 5.74) is 6.61. The summed E-state index contributed by atoms with van der Waals surface area (Å²) in [4.78, 5) is 0. The molecule has 0 aromatic rings. The smallest absolute Gasteiger partial charge is 0.00203 e. The molecule has 2 N–H and O–H groups in total. The molecule has 0 aromatic heterocycles. The first-order valence-electron chi connectivity index (χ1n) is 7.39. The summed E-state index contributed by atoms with van der Waals surface area (Å²) in [6.45, 7) is 7.92. The molecule has 0 amide bonds. The van der Waals surface area contributed by atoms with E-state index in [4.69, 9.17) is 5.73 Å². The fraction of sp³-hybridized carbons (Fsp3) is 1.00. The lowest BCUT2D eigenvalue weighted by Gasteiger charge is -2.42. The maximum atomic E-state index is 6.11. The molecule has 0 radical (unpaired) electrons. The highest BCUT2D eigenvalue weighted by Crippen LogP contribution is 2.45. The zero-order chi connectivity index (χ0) is 12.0. The van der Waals surface area contributed by atoms with E-state index in [2.05, 4.69) is 20.8 Å². The Labute approximate surface area is 102 Å². The standard InChI is InChI=1S/C15H31N/c1-4-13(5-2)10-15(12-16)9-7-8-14(6-3)11-15/h13-14H,4-12,16H2,1-3H3. The Balaban J connectivity index is 2.60. The van der Waals surface area contributed by atoms with E-state index in [0.717, 1.165) is 18.4 Å². The highest BCUT2D eigenvalue weighted by molar-refractivity contribution is 4.88. The minimum absolute atomic E-state index is 0.496. The van der Waals surface area contributed by atoms with E-state index < -0.39 is 0 Å². The largest absolute Gasteiger partial charge is 0.330 e. The van der Waals surface area contributed by atoms with Gasteiger partial charge in [-0.25, -0.2) is 0 Å². The van der Waals surface area contributed by atoms with Crippen LogP contribution in [0.4, 0.5) is 0 Å². The van der Waals surface area contributed by atoms with Crippen LogP contribution < -0.4 is 5.73 Å². The van der Waals surface area contributed by atoms with E-state index in [1.807, 2.05) is 0 Å². The first-order valence-corrected chi connectivity index (χ1v) is 7.39. The van der Waals surface area contributed by atoms with E-state index in [1.54, 1.807) is 0 Å². The van der Waals surface area contributed by atoms with Gasteiger partial charge in [-0.05, 0) is 43.1 Å². The topological polar surface area (TPSA) is 26.0 Å². The summed E-state index contributed by atoms with van der Waals surface area (Å²) in [6, 6.07) is 0. The van der Waals surface area contributed by atoms with Gasteiger partial charge in [0.05, 0.1) is 0 Å². The van der Waals surface area contributed by atoms with Crippen LogP contribution in [0.5, 0.6) is 0 Å². The molecule has 1 aliphatic carbocycles. The van der Waals surface area contributed by atoms with Crippen molar-refractivity contribution in [3.05, 3.63) is 0 Å². The van der Waals surface area contributed by atoms with Crippen molar-refractivity contribution in [2.75, 3.05) is 6.54 Å². The Morgan fingerprint density at radius 1 is 1.25 bits per heavy atom. The van der Waals surface area contributed by atoms with Crippen molar-refractivity contribution in [2.45, 2.75) is 72.1 Å². The van der Waals surface area contributed by atoms with E-state index in [9.17, 15) is 0 Å². The maximum Gasteiger partial charge on any atom is -0.00203 e. The number of hydrogen-bond donors (Lipinski definition) is 1. The molecule has 0 spiro atoms. The molecule has 96 valence electrons. The second-order valence-corrected chi connectivity index (χ2v) is 5.96. The molecule has 0 heterocycles. The van der Waals surface area contributed by atoms with Crippen LogP contribution in [0.25, 0.3) is 0 Å². The normalized spacial score (nSPS) is 30.9. The third-order valence-electron chi connectivity index (χ3n) is 4.93. The average Bonchev–Trinajstić information content (AvgIpc) is 2.36. The average molecular weight is 225 g/mol. The van der Waals surface area contributed by atoms with Gasteiger partial charge in [0.25, 0.3) is 0 Å². The van der Waals surface area contributed by atoms with Crippen LogP contribution in [0.15, 0.2) is 0 Å². The molecule has 1 nitrogen and oxygen atoms in total. The van der Waals surface area contributed by atoms with Crippen molar-refractivity contribution in [3.8, 4) is 0 Å². The van der Waals surface area contributed by atoms with Crippen molar-refractivity contribution < 1.29 is 0 Å². The van der Waals surface area contributed by atoms with Crippen molar-refractivity contribution >= 4 is 0 Å². The van der Waals surface area contributed by atoms with Gasteiger partial charge in [0.2, 0.25) is 0 Å². The lowest BCUT2D eigenvalue weighted by molar-refractivity contribution is 0.106. The molecule has 1 heteroatoms. The van der Waals surface area contributed by atoms with E-state index in [-0.39, 0.29) is 0 Å². The van der Waals surface area contributed by atoms with Crippen LogP contribution in [-0.4, -0.2) is 6.54 Å². The second kappa shape index (κ2) is 6.64. The summed E-state index contributed by atoms with van der Waals surface area (Å²) in [6.07, 6.45) is 11.0. The van der Waals surface area contributed by atoms with Crippen LogP contribution in [0.1, 0.15) is 72.1 Å². The Kier molecular flexibility index (Phi) is 5.82. The van der Waals surface area contributed by atoms with Gasteiger partial charge in [0, 0.05) is 0 Å². The first-order chi connectivity index (χ1) is 7.69. The van der Waals surface area contributed by atoms with Gasteiger partial charge in [0.15, 0.2) is 0 Å². The monoisotopic (exact) mass is 225 g/mol. The maximum absolute atomic E-state index is 6.11. The van der Waals surface area contributed by atoms with Crippen LogP contribution >= 0.6 is 0 Å². The minimum Gasteiger partial charge on any atom is -0.330 e. The van der Waals surface area contributed by atoms with Crippen molar-refractivity contribution in [1.29, 1.82) is 0 Å². The highest BCUT2D eigenvalue weighted by atomic mass is 14.6. The quantitative estimate of drug-likeness (QED) is 0.714. The summed E-state index contributed by atoms with van der Waals surface area (Å²) < 4.78 is 0. The summed E-state index contributed by atoms with van der Waals surface area (Å²) >= 11 is 0. The molecule has 1 fully saturated rings.